The van der Waals surface area contributed by atoms with Gasteiger partial charge in [0.1, 0.15) is 5.52 Å². The molecule has 9 nitrogen and oxygen atoms in total. The normalized spacial score (nSPS) is 13.7. The molecule has 32 heavy (non-hydrogen) atoms. The Hall–Kier alpha value is -4.16. The Morgan fingerprint density at radius 1 is 1.00 bits per heavy atom. The Labute approximate surface area is 185 Å². The van der Waals surface area contributed by atoms with Crippen molar-refractivity contribution in [3.8, 4) is 6.07 Å². The number of morpholine rings is 1. The average molecular weight is 426 g/mol. The molecule has 160 valence electrons. The molecule has 4 aromatic rings. The summed E-state index contributed by atoms with van der Waals surface area (Å²) in [5.41, 5.74) is 4.83. The Morgan fingerprint density at radius 2 is 1.81 bits per heavy atom. The summed E-state index contributed by atoms with van der Waals surface area (Å²) in [6, 6.07) is 17.4. The lowest BCUT2D eigenvalue weighted by atomic mass is 10.2. The number of aryl methyl sites for hydroxylation is 1. The van der Waals surface area contributed by atoms with E-state index in [1.807, 2.05) is 37.3 Å². The predicted octanol–water partition coefficient (Wildman–Crippen LogP) is 3.86. The zero-order valence-electron chi connectivity index (χ0n) is 17.6. The predicted molar refractivity (Wildman–Crippen MR) is 124 cm³/mol. The number of H-pyrrole nitrogens is 1. The van der Waals surface area contributed by atoms with Crippen LogP contribution < -0.4 is 15.5 Å². The average Bonchev–Trinajstić information content (AvgIpc) is 3.22. The van der Waals surface area contributed by atoms with Gasteiger partial charge in [-0.3, -0.25) is 0 Å². The molecule has 0 bridgehead atoms. The number of fused-ring (bicyclic) bond motifs is 1. The molecule has 5 rings (SSSR count). The topological polar surface area (TPSA) is 115 Å². The van der Waals surface area contributed by atoms with E-state index in [0.717, 1.165) is 41.4 Å². The zero-order chi connectivity index (χ0) is 21.9. The first-order chi connectivity index (χ1) is 15.7. The Morgan fingerprint density at radius 3 is 2.56 bits per heavy atom. The summed E-state index contributed by atoms with van der Waals surface area (Å²) in [5, 5.41) is 15.6. The summed E-state index contributed by atoms with van der Waals surface area (Å²) in [6.45, 7) is 4.82. The summed E-state index contributed by atoms with van der Waals surface area (Å²) in [6.07, 6.45) is 0. The van der Waals surface area contributed by atoms with Crippen molar-refractivity contribution >= 4 is 40.3 Å². The van der Waals surface area contributed by atoms with Gasteiger partial charge >= 0.3 is 0 Å². The molecule has 0 amide bonds. The van der Waals surface area contributed by atoms with Gasteiger partial charge in [0.15, 0.2) is 11.5 Å². The number of nitrogens with one attached hydrogen (secondary N) is 3. The van der Waals surface area contributed by atoms with Gasteiger partial charge in [-0.2, -0.15) is 20.2 Å². The lowest BCUT2D eigenvalue weighted by Crippen LogP contribution is -2.37. The Kier molecular flexibility index (Phi) is 5.27. The Bertz CT molecular complexity index is 1290. The molecule has 1 fully saturated rings. The van der Waals surface area contributed by atoms with Gasteiger partial charge in [-0.15, -0.1) is 0 Å². The van der Waals surface area contributed by atoms with Gasteiger partial charge in [-0.05, 0) is 48.9 Å². The molecule has 0 radical (unpaired) electrons. The summed E-state index contributed by atoms with van der Waals surface area (Å²) < 4.78 is 5.51. The number of imidazole rings is 1. The summed E-state index contributed by atoms with van der Waals surface area (Å²) in [7, 11) is 0. The van der Waals surface area contributed by atoms with E-state index in [2.05, 4.69) is 42.6 Å². The van der Waals surface area contributed by atoms with Gasteiger partial charge in [0.25, 0.3) is 0 Å². The zero-order valence-corrected chi connectivity index (χ0v) is 17.6. The fourth-order valence-corrected chi connectivity index (χ4v) is 3.62. The highest BCUT2D eigenvalue weighted by molar-refractivity contribution is 5.87. The maximum atomic E-state index is 9.01. The van der Waals surface area contributed by atoms with Crippen LogP contribution in [0.1, 0.15) is 11.1 Å². The van der Waals surface area contributed by atoms with Crippen LogP contribution in [0.25, 0.3) is 11.2 Å². The highest BCUT2D eigenvalue weighted by atomic mass is 16.5. The molecule has 0 unspecified atom stereocenters. The third-order valence-corrected chi connectivity index (χ3v) is 5.19. The summed E-state index contributed by atoms with van der Waals surface area (Å²) in [4.78, 5) is 19.6. The molecule has 2 aromatic carbocycles. The van der Waals surface area contributed by atoms with E-state index in [1.165, 1.54) is 0 Å². The van der Waals surface area contributed by atoms with E-state index in [9.17, 15) is 0 Å². The van der Waals surface area contributed by atoms with E-state index in [1.54, 1.807) is 12.1 Å². The van der Waals surface area contributed by atoms with Crippen molar-refractivity contribution in [1.82, 2.24) is 19.9 Å². The van der Waals surface area contributed by atoms with Crippen LogP contribution in [0.15, 0.2) is 48.5 Å². The van der Waals surface area contributed by atoms with Crippen LogP contribution in [0.4, 0.5) is 29.1 Å². The van der Waals surface area contributed by atoms with Crippen LogP contribution in [-0.4, -0.2) is 46.2 Å². The third kappa shape index (κ3) is 4.17. The molecule has 1 aliphatic heterocycles. The number of aromatic nitrogens is 4. The van der Waals surface area contributed by atoms with Crippen molar-refractivity contribution < 1.29 is 4.74 Å². The SMILES string of the molecule is Cc1cccc(Nc2nc3nc(Nc4ccc(C#N)cc4)nc(N4CCOCC4)c3[nH]2)c1. The van der Waals surface area contributed by atoms with Gasteiger partial charge in [0.2, 0.25) is 11.9 Å². The fourth-order valence-electron chi connectivity index (χ4n) is 3.62. The van der Waals surface area contributed by atoms with Gasteiger partial charge in [-0.25, -0.2) is 0 Å². The largest absolute Gasteiger partial charge is 0.378 e. The lowest BCUT2D eigenvalue weighted by Gasteiger charge is -2.28. The molecule has 0 atom stereocenters. The number of aromatic amines is 1. The van der Waals surface area contributed by atoms with Gasteiger partial charge in [-0.1, -0.05) is 12.1 Å². The van der Waals surface area contributed by atoms with E-state index in [0.29, 0.717) is 36.3 Å². The van der Waals surface area contributed by atoms with Crippen molar-refractivity contribution in [2.45, 2.75) is 6.92 Å². The van der Waals surface area contributed by atoms with Crippen LogP contribution >= 0.6 is 0 Å². The van der Waals surface area contributed by atoms with Crippen molar-refractivity contribution in [2.24, 2.45) is 0 Å². The number of nitrogens with zero attached hydrogens (tertiary/aromatic N) is 5. The maximum absolute atomic E-state index is 9.01. The number of benzene rings is 2. The molecule has 1 saturated heterocycles. The maximum Gasteiger partial charge on any atom is 0.231 e. The first-order valence-corrected chi connectivity index (χ1v) is 10.4. The molecule has 3 heterocycles. The van der Waals surface area contributed by atoms with Crippen molar-refractivity contribution in [3.05, 3.63) is 59.7 Å². The second kappa shape index (κ2) is 8.53. The molecule has 0 aliphatic carbocycles. The fraction of sp³-hybridized carbons (Fsp3) is 0.217. The monoisotopic (exact) mass is 426 g/mol. The molecular formula is C23H22N8O. The smallest absolute Gasteiger partial charge is 0.231 e. The van der Waals surface area contributed by atoms with Crippen LogP contribution in [0.3, 0.4) is 0 Å². The standard InChI is InChI=1S/C23H22N8O/c1-15-3-2-4-18(13-15)26-22-27-19-20(28-22)29-23(25-17-7-5-16(14-24)6-8-17)30-21(19)31-9-11-32-12-10-31/h2-8,13H,9-12H2,1H3,(H3,25,26,27,28,29,30). The van der Waals surface area contributed by atoms with Crippen LogP contribution in [0.2, 0.25) is 0 Å². The highest BCUT2D eigenvalue weighted by Crippen LogP contribution is 2.28. The first-order valence-electron chi connectivity index (χ1n) is 10.4. The number of nitriles is 1. The molecule has 9 heteroatoms. The minimum absolute atomic E-state index is 0.442. The van der Waals surface area contributed by atoms with Gasteiger partial charge in [0, 0.05) is 24.5 Å². The second-order valence-electron chi connectivity index (χ2n) is 7.56. The van der Waals surface area contributed by atoms with Crippen LogP contribution in [0.5, 0.6) is 0 Å². The van der Waals surface area contributed by atoms with E-state index < -0.39 is 0 Å². The quantitative estimate of drug-likeness (QED) is 0.441. The van der Waals surface area contributed by atoms with Crippen LogP contribution in [0, 0.1) is 18.3 Å². The highest BCUT2D eigenvalue weighted by Gasteiger charge is 2.20. The van der Waals surface area contributed by atoms with Gasteiger partial charge < -0.3 is 25.3 Å². The number of hydrogen-bond acceptors (Lipinski definition) is 8. The molecule has 2 aromatic heterocycles. The summed E-state index contributed by atoms with van der Waals surface area (Å²) in [5.74, 6) is 1.82. The van der Waals surface area contributed by atoms with Gasteiger partial charge in [0.05, 0.1) is 24.8 Å². The van der Waals surface area contributed by atoms with E-state index in [4.69, 9.17) is 15.0 Å². The minimum Gasteiger partial charge on any atom is -0.378 e. The molecule has 1 aliphatic rings. The lowest BCUT2D eigenvalue weighted by molar-refractivity contribution is 0.122. The molecule has 3 N–H and O–H groups in total. The number of hydrogen-bond donors (Lipinski definition) is 3. The van der Waals surface area contributed by atoms with Crippen molar-refractivity contribution in [2.75, 3.05) is 41.8 Å². The Balaban J connectivity index is 1.51. The molecule has 0 spiro atoms. The van der Waals surface area contributed by atoms with Crippen LogP contribution in [-0.2, 0) is 4.74 Å². The third-order valence-electron chi connectivity index (χ3n) is 5.19. The number of anilines is 5. The molecular weight excluding hydrogens is 404 g/mol. The minimum atomic E-state index is 0.442. The van der Waals surface area contributed by atoms with Crippen molar-refractivity contribution in [1.29, 1.82) is 5.26 Å². The summed E-state index contributed by atoms with van der Waals surface area (Å²) >= 11 is 0. The first kappa shape index (κ1) is 19.8. The van der Waals surface area contributed by atoms with Crippen molar-refractivity contribution in [3.63, 3.8) is 0 Å². The van der Waals surface area contributed by atoms with E-state index >= 15 is 0 Å². The number of ether oxygens (including phenoxy) is 1. The molecule has 0 saturated carbocycles. The van der Waals surface area contributed by atoms with E-state index in [-0.39, 0.29) is 0 Å². The second-order valence-corrected chi connectivity index (χ2v) is 7.56. The number of rotatable bonds is 5.